The van der Waals surface area contributed by atoms with E-state index < -0.39 is 0 Å². The van der Waals surface area contributed by atoms with Gasteiger partial charge < -0.3 is 10.1 Å². The van der Waals surface area contributed by atoms with Crippen molar-refractivity contribution in [1.82, 2.24) is 10.2 Å². The molecule has 0 saturated carbocycles. The lowest BCUT2D eigenvalue weighted by Crippen LogP contribution is -2.04. The highest BCUT2D eigenvalue weighted by atomic mass is 32.1. The summed E-state index contributed by atoms with van der Waals surface area (Å²) in [7, 11) is 0. The van der Waals surface area contributed by atoms with Crippen LogP contribution in [0.2, 0.25) is 0 Å². The summed E-state index contributed by atoms with van der Waals surface area (Å²) in [4.78, 5) is 10.9. The summed E-state index contributed by atoms with van der Waals surface area (Å²) in [6.45, 7) is 4.11. The van der Waals surface area contributed by atoms with Gasteiger partial charge in [-0.3, -0.25) is 4.79 Å². The first-order chi connectivity index (χ1) is 9.67. The first-order valence-electron chi connectivity index (χ1n) is 6.49. The van der Waals surface area contributed by atoms with E-state index in [9.17, 15) is 4.79 Å². The Bertz CT molecular complexity index is 566. The van der Waals surface area contributed by atoms with Crippen LogP contribution in [0.15, 0.2) is 24.3 Å². The van der Waals surface area contributed by atoms with Crippen LogP contribution < -0.4 is 10.1 Å². The normalized spacial score (nSPS) is 10.3. The van der Waals surface area contributed by atoms with Gasteiger partial charge in [0.05, 0.1) is 6.61 Å². The first kappa shape index (κ1) is 14.5. The maximum Gasteiger partial charge on any atom is 0.223 e. The Kier molecular flexibility index (Phi) is 5.06. The molecule has 0 aliphatic carbocycles. The maximum atomic E-state index is 10.9. The van der Waals surface area contributed by atoms with Crippen molar-refractivity contribution in [3.8, 4) is 5.75 Å². The minimum absolute atomic E-state index is 0.139. The van der Waals surface area contributed by atoms with Gasteiger partial charge in [-0.2, -0.15) is 0 Å². The lowest BCUT2D eigenvalue weighted by Gasteiger charge is -2.05. The van der Waals surface area contributed by atoms with E-state index in [1.807, 2.05) is 12.1 Å². The molecule has 6 heteroatoms. The predicted octanol–water partition coefficient (Wildman–Crippen LogP) is 2.68. The van der Waals surface area contributed by atoms with Crippen LogP contribution in [0.25, 0.3) is 0 Å². The highest BCUT2D eigenvalue weighted by Gasteiger charge is 2.05. The molecule has 0 atom stereocenters. The fourth-order valence-electron chi connectivity index (χ4n) is 1.63. The fraction of sp³-hybridized carbons (Fsp3) is 0.357. The van der Waals surface area contributed by atoms with Crippen molar-refractivity contribution in [1.29, 1.82) is 0 Å². The van der Waals surface area contributed by atoms with Crippen LogP contribution in [0.5, 0.6) is 5.75 Å². The van der Waals surface area contributed by atoms with Crippen molar-refractivity contribution < 1.29 is 9.53 Å². The molecule has 1 N–H and O–H groups in total. The molecule has 20 heavy (non-hydrogen) atoms. The number of amides is 1. The number of nitrogens with zero attached hydrogens (tertiary/aromatic N) is 2. The molecule has 0 bridgehead atoms. The molecule has 0 spiro atoms. The van der Waals surface area contributed by atoms with Crippen LogP contribution in [-0.2, 0) is 17.6 Å². The third kappa shape index (κ3) is 4.31. The fourth-order valence-corrected chi connectivity index (χ4v) is 2.40. The molecule has 106 valence electrons. The van der Waals surface area contributed by atoms with Crippen LogP contribution >= 0.6 is 11.3 Å². The van der Waals surface area contributed by atoms with Crippen LogP contribution in [0.1, 0.15) is 24.4 Å². The number of ether oxygens (including phenoxy) is 1. The SMILES string of the molecule is CCc1ccc(OCCc2nnc(NC(C)=O)s2)cc1. The molecule has 2 rings (SSSR count). The molecule has 1 heterocycles. The molecule has 0 saturated heterocycles. The topological polar surface area (TPSA) is 64.1 Å². The van der Waals surface area contributed by atoms with E-state index in [0.717, 1.165) is 17.2 Å². The van der Waals surface area contributed by atoms with Gasteiger partial charge in [0.15, 0.2) is 0 Å². The molecule has 0 unspecified atom stereocenters. The van der Waals surface area contributed by atoms with Crippen LogP contribution in [0, 0.1) is 0 Å². The van der Waals surface area contributed by atoms with Crippen molar-refractivity contribution in [3.63, 3.8) is 0 Å². The molecule has 5 nitrogen and oxygen atoms in total. The summed E-state index contributed by atoms with van der Waals surface area (Å²) in [5.74, 6) is 0.716. The maximum absolute atomic E-state index is 10.9. The average Bonchev–Trinajstić information content (AvgIpc) is 2.86. The zero-order chi connectivity index (χ0) is 14.4. The van der Waals surface area contributed by atoms with Crippen molar-refractivity contribution >= 4 is 22.4 Å². The van der Waals surface area contributed by atoms with Gasteiger partial charge in [0.1, 0.15) is 10.8 Å². The summed E-state index contributed by atoms with van der Waals surface area (Å²) in [5, 5.41) is 11.9. The smallest absolute Gasteiger partial charge is 0.223 e. The second kappa shape index (κ2) is 7.00. The Morgan fingerprint density at radius 3 is 2.70 bits per heavy atom. The minimum Gasteiger partial charge on any atom is -0.493 e. The zero-order valence-corrected chi connectivity index (χ0v) is 12.4. The molecule has 2 aromatic rings. The van der Waals surface area contributed by atoms with E-state index in [4.69, 9.17) is 4.74 Å². The number of hydrogen-bond acceptors (Lipinski definition) is 5. The van der Waals surface area contributed by atoms with Crippen molar-refractivity contribution in [2.45, 2.75) is 26.7 Å². The van der Waals surface area contributed by atoms with Gasteiger partial charge in [0, 0.05) is 13.3 Å². The summed E-state index contributed by atoms with van der Waals surface area (Å²) < 4.78 is 5.65. The highest BCUT2D eigenvalue weighted by Crippen LogP contribution is 2.17. The Labute approximate surface area is 122 Å². The number of rotatable bonds is 6. The summed E-state index contributed by atoms with van der Waals surface area (Å²) in [6.07, 6.45) is 1.70. The number of hydrogen-bond donors (Lipinski definition) is 1. The van der Waals surface area contributed by atoms with Gasteiger partial charge in [-0.05, 0) is 24.1 Å². The second-order valence-electron chi connectivity index (χ2n) is 4.28. The summed E-state index contributed by atoms with van der Waals surface area (Å²) in [6, 6.07) is 8.08. The quantitative estimate of drug-likeness (QED) is 0.888. The number of carbonyl (C=O) groups excluding carboxylic acids is 1. The molecular formula is C14H17N3O2S. The van der Waals surface area contributed by atoms with Gasteiger partial charge in [0.25, 0.3) is 0 Å². The van der Waals surface area contributed by atoms with Gasteiger partial charge in [0.2, 0.25) is 11.0 Å². The van der Waals surface area contributed by atoms with Crippen molar-refractivity contribution in [2.24, 2.45) is 0 Å². The predicted molar refractivity (Wildman–Crippen MR) is 79.2 cm³/mol. The average molecular weight is 291 g/mol. The second-order valence-corrected chi connectivity index (χ2v) is 5.34. The molecule has 1 aromatic heterocycles. The number of aryl methyl sites for hydroxylation is 1. The van der Waals surface area contributed by atoms with Crippen LogP contribution in [0.3, 0.4) is 0 Å². The third-order valence-corrected chi connectivity index (χ3v) is 3.56. The largest absolute Gasteiger partial charge is 0.493 e. The molecular weight excluding hydrogens is 274 g/mol. The highest BCUT2D eigenvalue weighted by molar-refractivity contribution is 7.15. The lowest BCUT2D eigenvalue weighted by molar-refractivity contribution is -0.114. The van der Waals surface area contributed by atoms with Crippen molar-refractivity contribution in [3.05, 3.63) is 34.8 Å². The van der Waals surface area contributed by atoms with E-state index in [0.29, 0.717) is 18.2 Å². The van der Waals surface area contributed by atoms with E-state index in [1.54, 1.807) is 0 Å². The number of aromatic nitrogens is 2. The Hall–Kier alpha value is -1.95. The van der Waals surface area contributed by atoms with E-state index >= 15 is 0 Å². The first-order valence-corrected chi connectivity index (χ1v) is 7.30. The standard InChI is InChI=1S/C14H17N3O2S/c1-3-11-4-6-12(7-5-11)19-9-8-13-16-17-14(20-13)15-10(2)18/h4-7H,3,8-9H2,1-2H3,(H,15,17,18). The summed E-state index contributed by atoms with van der Waals surface area (Å²) >= 11 is 1.37. The zero-order valence-electron chi connectivity index (χ0n) is 11.5. The van der Waals surface area contributed by atoms with Gasteiger partial charge >= 0.3 is 0 Å². The van der Waals surface area contributed by atoms with Crippen LogP contribution in [-0.4, -0.2) is 22.7 Å². The molecule has 1 amide bonds. The van der Waals surface area contributed by atoms with E-state index in [2.05, 4.69) is 34.6 Å². The number of anilines is 1. The Morgan fingerprint density at radius 2 is 2.05 bits per heavy atom. The number of benzene rings is 1. The third-order valence-electron chi connectivity index (χ3n) is 2.67. The number of nitrogens with one attached hydrogen (secondary N) is 1. The number of carbonyl (C=O) groups is 1. The summed E-state index contributed by atoms with van der Waals surface area (Å²) in [5.41, 5.74) is 1.29. The van der Waals surface area contributed by atoms with E-state index in [-0.39, 0.29) is 5.91 Å². The molecule has 0 fully saturated rings. The lowest BCUT2D eigenvalue weighted by atomic mass is 10.2. The molecule has 0 radical (unpaired) electrons. The molecule has 0 aliphatic heterocycles. The molecule has 1 aromatic carbocycles. The molecule has 0 aliphatic rings. The Balaban J connectivity index is 1.80. The van der Waals surface area contributed by atoms with Gasteiger partial charge in [-0.1, -0.05) is 30.4 Å². The van der Waals surface area contributed by atoms with Crippen molar-refractivity contribution in [2.75, 3.05) is 11.9 Å². The van der Waals surface area contributed by atoms with Crippen LogP contribution in [0.4, 0.5) is 5.13 Å². The van der Waals surface area contributed by atoms with Gasteiger partial charge in [-0.25, -0.2) is 0 Å². The van der Waals surface area contributed by atoms with Gasteiger partial charge in [-0.15, -0.1) is 10.2 Å². The monoisotopic (exact) mass is 291 g/mol. The van der Waals surface area contributed by atoms with E-state index in [1.165, 1.54) is 23.8 Å². The minimum atomic E-state index is -0.139. The Morgan fingerprint density at radius 1 is 1.30 bits per heavy atom.